The molecule has 1 aromatic heterocycles. The van der Waals surface area contributed by atoms with Gasteiger partial charge in [-0.25, -0.2) is 0 Å². The average Bonchev–Trinajstić information content (AvgIpc) is 3.05. The summed E-state index contributed by atoms with van der Waals surface area (Å²) in [6, 6.07) is 0. The van der Waals surface area contributed by atoms with Crippen LogP contribution in [0.2, 0.25) is 0 Å². The highest BCUT2D eigenvalue weighted by molar-refractivity contribution is 5.80. The first-order chi connectivity index (χ1) is 8.79. The number of amides is 1. The largest absolute Gasteiger partial charge is 0.364 e. The highest BCUT2D eigenvalue weighted by atomic mass is 16.5. The van der Waals surface area contributed by atoms with Crippen LogP contribution < -0.4 is 11.1 Å². The molecular weight excluding hydrogens is 234 g/mol. The predicted molar refractivity (Wildman–Crippen MR) is 64.6 cm³/mol. The molecule has 7 nitrogen and oxygen atoms in total. The molecule has 0 radical (unpaired) electrons. The molecule has 3 N–H and O–H groups in total. The van der Waals surface area contributed by atoms with E-state index in [0.717, 1.165) is 25.8 Å². The molecule has 1 fully saturated rings. The number of ether oxygens (including phenoxy) is 1. The Morgan fingerprint density at radius 3 is 3.11 bits per heavy atom. The van der Waals surface area contributed by atoms with Gasteiger partial charge in [-0.15, -0.1) is 5.10 Å². The van der Waals surface area contributed by atoms with Crippen molar-refractivity contribution in [2.24, 2.45) is 5.73 Å². The molecule has 1 aromatic rings. The zero-order valence-electron chi connectivity index (χ0n) is 10.3. The molecule has 7 heteroatoms. The minimum absolute atomic E-state index is 0.0375. The third-order valence-corrected chi connectivity index (χ3v) is 3.00. The van der Waals surface area contributed by atoms with Crippen LogP contribution in [-0.4, -0.2) is 46.2 Å². The summed E-state index contributed by atoms with van der Waals surface area (Å²) in [5.74, 6) is -0.0375. The number of hydrogen-bond acceptors (Lipinski definition) is 5. The molecule has 1 saturated heterocycles. The number of carbonyl (C=O) groups is 1. The zero-order valence-corrected chi connectivity index (χ0v) is 10.3. The Balaban J connectivity index is 1.60. The molecule has 0 spiro atoms. The maximum absolute atomic E-state index is 11.8. The molecule has 18 heavy (non-hydrogen) atoms. The van der Waals surface area contributed by atoms with Crippen molar-refractivity contribution >= 4 is 5.91 Å². The van der Waals surface area contributed by atoms with Crippen molar-refractivity contribution in [3.8, 4) is 0 Å². The van der Waals surface area contributed by atoms with E-state index in [4.69, 9.17) is 10.5 Å². The summed E-state index contributed by atoms with van der Waals surface area (Å²) in [5.41, 5.74) is 5.50. The van der Waals surface area contributed by atoms with Crippen LogP contribution in [0.1, 0.15) is 19.3 Å². The number of hydrogen-bond donors (Lipinski definition) is 2. The summed E-state index contributed by atoms with van der Waals surface area (Å²) in [7, 11) is 0. The second kappa shape index (κ2) is 6.46. The first kappa shape index (κ1) is 13.0. The fourth-order valence-electron chi connectivity index (χ4n) is 1.99. The van der Waals surface area contributed by atoms with Crippen molar-refractivity contribution < 1.29 is 9.53 Å². The van der Waals surface area contributed by atoms with Crippen molar-refractivity contribution in [3.63, 3.8) is 0 Å². The van der Waals surface area contributed by atoms with Crippen LogP contribution >= 0.6 is 0 Å². The normalized spacial score (nSPS) is 23.2. The van der Waals surface area contributed by atoms with E-state index in [1.807, 2.05) is 0 Å². The molecule has 0 aromatic carbocycles. The fraction of sp³-hybridized carbons (Fsp3) is 0.727. The van der Waals surface area contributed by atoms with Crippen LogP contribution in [0.15, 0.2) is 12.4 Å². The van der Waals surface area contributed by atoms with E-state index in [2.05, 4.69) is 15.6 Å². The summed E-state index contributed by atoms with van der Waals surface area (Å²) in [4.78, 5) is 11.8. The molecule has 2 unspecified atom stereocenters. The number of aryl methyl sites for hydroxylation is 1. The van der Waals surface area contributed by atoms with Crippen molar-refractivity contribution in [2.75, 3.05) is 13.1 Å². The van der Waals surface area contributed by atoms with Crippen LogP contribution in [-0.2, 0) is 16.1 Å². The van der Waals surface area contributed by atoms with E-state index in [-0.39, 0.29) is 18.1 Å². The summed E-state index contributed by atoms with van der Waals surface area (Å²) >= 11 is 0. The van der Waals surface area contributed by atoms with Crippen LogP contribution in [0.3, 0.4) is 0 Å². The van der Waals surface area contributed by atoms with Gasteiger partial charge in [-0.05, 0) is 19.3 Å². The van der Waals surface area contributed by atoms with Gasteiger partial charge in [0.25, 0.3) is 0 Å². The highest BCUT2D eigenvalue weighted by Gasteiger charge is 2.29. The van der Waals surface area contributed by atoms with Crippen LogP contribution in [0.5, 0.6) is 0 Å². The molecule has 2 atom stereocenters. The van der Waals surface area contributed by atoms with Crippen molar-refractivity contribution in [1.82, 2.24) is 20.3 Å². The highest BCUT2D eigenvalue weighted by Crippen LogP contribution is 2.18. The molecule has 0 aliphatic carbocycles. The number of rotatable bonds is 6. The number of nitrogens with two attached hydrogens (primary N) is 1. The van der Waals surface area contributed by atoms with Gasteiger partial charge in [0.05, 0.1) is 12.3 Å². The first-order valence-corrected chi connectivity index (χ1v) is 6.27. The molecule has 100 valence electrons. The van der Waals surface area contributed by atoms with E-state index in [1.165, 1.54) is 0 Å². The lowest BCUT2D eigenvalue weighted by molar-refractivity contribution is -0.131. The molecular formula is C11H19N5O2. The van der Waals surface area contributed by atoms with E-state index in [0.29, 0.717) is 13.1 Å². The van der Waals surface area contributed by atoms with Gasteiger partial charge in [-0.3, -0.25) is 9.48 Å². The van der Waals surface area contributed by atoms with Gasteiger partial charge in [0.15, 0.2) is 0 Å². The molecule has 1 aliphatic heterocycles. The van der Waals surface area contributed by atoms with E-state index in [9.17, 15) is 4.79 Å². The molecule has 1 amide bonds. The van der Waals surface area contributed by atoms with Crippen LogP contribution in [0.4, 0.5) is 0 Å². The third-order valence-electron chi connectivity index (χ3n) is 3.00. The van der Waals surface area contributed by atoms with Crippen LogP contribution in [0.25, 0.3) is 0 Å². The lowest BCUT2D eigenvalue weighted by Crippen LogP contribution is -2.36. The third kappa shape index (κ3) is 3.51. The molecule has 0 saturated carbocycles. The van der Waals surface area contributed by atoms with Crippen molar-refractivity contribution in [2.45, 2.75) is 38.0 Å². The Bertz CT molecular complexity index is 368. The predicted octanol–water partition coefficient (Wildman–Crippen LogP) is -0.709. The minimum Gasteiger partial charge on any atom is -0.364 e. The number of nitrogens with one attached hydrogen (secondary N) is 1. The Morgan fingerprint density at radius 1 is 1.56 bits per heavy atom. The summed E-state index contributed by atoms with van der Waals surface area (Å²) in [6.45, 7) is 1.85. The van der Waals surface area contributed by atoms with Gasteiger partial charge in [-0.1, -0.05) is 5.21 Å². The lowest BCUT2D eigenvalue weighted by Gasteiger charge is -2.12. The Labute approximate surface area is 106 Å². The standard InChI is InChI=1S/C11H19N5O2/c12-8-9-2-3-10(18-9)11(17)13-4-1-6-16-7-5-14-15-16/h5,7,9-10H,1-4,6,8,12H2,(H,13,17). The van der Waals surface area contributed by atoms with Gasteiger partial charge >= 0.3 is 0 Å². The maximum atomic E-state index is 11.8. The molecule has 2 rings (SSSR count). The van der Waals surface area contributed by atoms with Gasteiger partial charge in [-0.2, -0.15) is 0 Å². The number of nitrogens with zero attached hydrogens (tertiary/aromatic N) is 3. The van der Waals surface area contributed by atoms with Crippen LogP contribution in [0, 0.1) is 0 Å². The smallest absolute Gasteiger partial charge is 0.249 e. The second-order valence-electron chi connectivity index (χ2n) is 4.37. The minimum atomic E-state index is -0.329. The Morgan fingerprint density at radius 2 is 2.44 bits per heavy atom. The number of carbonyl (C=O) groups excluding carboxylic acids is 1. The van der Waals surface area contributed by atoms with Gasteiger partial charge in [0, 0.05) is 25.8 Å². The first-order valence-electron chi connectivity index (χ1n) is 6.27. The van der Waals surface area contributed by atoms with E-state index >= 15 is 0 Å². The molecule has 2 heterocycles. The average molecular weight is 253 g/mol. The van der Waals surface area contributed by atoms with Crippen molar-refractivity contribution in [1.29, 1.82) is 0 Å². The lowest BCUT2D eigenvalue weighted by atomic mass is 10.2. The summed E-state index contributed by atoms with van der Waals surface area (Å²) in [6.07, 6.45) is 5.60. The van der Waals surface area contributed by atoms with Gasteiger partial charge in [0.1, 0.15) is 6.10 Å². The second-order valence-corrected chi connectivity index (χ2v) is 4.37. The van der Waals surface area contributed by atoms with E-state index in [1.54, 1.807) is 17.1 Å². The topological polar surface area (TPSA) is 95.1 Å². The zero-order chi connectivity index (χ0) is 12.8. The summed E-state index contributed by atoms with van der Waals surface area (Å²) in [5, 5.41) is 10.4. The SMILES string of the molecule is NCC1CCC(C(=O)NCCCn2ccnn2)O1. The van der Waals surface area contributed by atoms with Gasteiger partial charge < -0.3 is 15.8 Å². The molecule has 1 aliphatic rings. The Hall–Kier alpha value is -1.47. The quantitative estimate of drug-likeness (QED) is 0.653. The maximum Gasteiger partial charge on any atom is 0.249 e. The fourth-order valence-corrected chi connectivity index (χ4v) is 1.99. The van der Waals surface area contributed by atoms with Gasteiger partial charge in [0.2, 0.25) is 5.91 Å². The summed E-state index contributed by atoms with van der Waals surface area (Å²) < 4.78 is 7.25. The van der Waals surface area contributed by atoms with Crippen molar-refractivity contribution in [3.05, 3.63) is 12.4 Å². The molecule has 0 bridgehead atoms. The number of aromatic nitrogens is 3. The Kier molecular flexibility index (Phi) is 4.66. The van der Waals surface area contributed by atoms with E-state index < -0.39 is 0 Å². The monoisotopic (exact) mass is 253 g/mol.